The average molecular weight is 937 g/mol. The highest BCUT2D eigenvalue weighted by Crippen LogP contribution is 2.43. The molecule has 4 atom stereocenters. The van der Waals surface area contributed by atoms with Gasteiger partial charge in [-0.05, 0) is 109 Å². The second-order valence-corrected chi connectivity index (χ2v) is 17.4. The Bertz CT molecular complexity index is 2390. The number of hydrogen-bond donors (Lipinski definition) is 3. The fraction of sp³-hybridized carbons (Fsp3) is 0.347. The van der Waals surface area contributed by atoms with Crippen LogP contribution in [0.1, 0.15) is 86.7 Å². The van der Waals surface area contributed by atoms with Gasteiger partial charge >= 0.3 is 26.6 Å². The van der Waals surface area contributed by atoms with E-state index in [1.807, 2.05) is 68.4 Å². The van der Waals surface area contributed by atoms with E-state index < -0.39 is 37.8 Å². The van der Waals surface area contributed by atoms with Crippen LogP contribution in [0.2, 0.25) is 0 Å². The largest absolute Gasteiger partial charge is 0.469 e. The molecule has 0 aliphatic carbocycles. The number of cyclic esters (lactones) is 2. The van der Waals surface area contributed by atoms with Gasteiger partial charge in [0.2, 0.25) is 0 Å². The van der Waals surface area contributed by atoms with Gasteiger partial charge in [-0.25, -0.2) is 22.9 Å². The summed E-state index contributed by atoms with van der Waals surface area (Å²) in [5, 5.41) is 9.27. The van der Waals surface area contributed by atoms with Crippen molar-refractivity contribution < 1.29 is 65.3 Å². The molecule has 5 aromatic rings. The Balaban J connectivity index is 0.000000222. The quantitative estimate of drug-likeness (QED) is 0.0466. The SMILES string of the molecule is CC(c1ccc(-c2ccc(F)cc2)cc1)N1CCC(CCCOP(=O)(O)O)(c2ccccc2)OC1=O.CC(c1ccc(OC(F)F)cc1)N1CCC(CCCO)(c2ccc(F)cc2)OC1=O. The molecule has 12 nitrogen and oxygen atoms in total. The maximum atomic E-state index is 13.4. The molecule has 2 aliphatic rings. The third kappa shape index (κ3) is 12.8. The Hall–Kier alpha value is -5.77. The number of nitrogens with zero attached hydrogens (tertiary/aromatic N) is 2. The normalized spacial score (nSPS) is 19.6. The minimum atomic E-state index is -4.56. The molecule has 0 saturated carbocycles. The summed E-state index contributed by atoms with van der Waals surface area (Å²) in [6, 6.07) is 34.9. The first-order chi connectivity index (χ1) is 31.5. The van der Waals surface area contributed by atoms with Crippen LogP contribution in [0.4, 0.5) is 27.2 Å². The van der Waals surface area contributed by atoms with Crippen molar-refractivity contribution in [2.24, 2.45) is 0 Å². The van der Waals surface area contributed by atoms with Crippen molar-refractivity contribution in [2.75, 3.05) is 26.3 Å². The number of phosphoric acid groups is 1. The van der Waals surface area contributed by atoms with Gasteiger partial charge in [0.1, 0.15) is 28.6 Å². The van der Waals surface area contributed by atoms with Gasteiger partial charge in [-0.2, -0.15) is 8.78 Å². The summed E-state index contributed by atoms with van der Waals surface area (Å²) in [7, 11) is -4.56. The molecule has 2 fully saturated rings. The summed E-state index contributed by atoms with van der Waals surface area (Å²) in [6.45, 7) is 1.51. The molecule has 2 amide bonds. The van der Waals surface area contributed by atoms with E-state index in [-0.39, 0.29) is 42.7 Å². The van der Waals surface area contributed by atoms with Crippen molar-refractivity contribution in [3.05, 3.63) is 161 Å². The third-order valence-electron chi connectivity index (χ3n) is 12.0. The van der Waals surface area contributed by atoms with Gasteiger partial charge < -0.3 is 38.9 Å². The van der Waals surface area contributed by atoms with Crippen LogP contribution in [0, 0.1) is 11.6 Å². The molecular weight excluding hydrogens is 884 g/mol. The number of alkyl halides is 2. The fourth-order valence-electron chi connectivity index (χ4n) is 8.37. The van der Waals surface area contributed by atoms with Gasteiger partial charge in [-0.15, -0.1) is 0 Å². The fourth-order valence-corrected chi connectivity index (χ4v) is 8.74. The van der Waals surface area contributed by atoms with Crippen LogP contribution in [0.15, 0.2) is 127 Å². The van der Waals surface area contributed by atoms with E-state index in [0.29, 0.717) is 57.2 Å². The number of rotatable bonds is 17. The molecule has 0 bridgehead atoms. The molecule has 0 aromatic heterocycles. The number of halogens is 4. The second-order valence-electron chi connectivity index (χ2n) is 16.2. The minimum Gasteiger partial charge on any atom is -0.438 e. The summed E-state index contributed by atoms with van der Waals surface area (Å²) in [5.41, 5.74) is 3.24. The van der Waals surface area contributed by atoms with E-state index in [2.05, 4.69) is 9.26 Å². The number of carbonyl (C=O) groups excluding carboxylic acids is 2. The van der Waals surface area contributed by atoms with Crippen molar-refractivity contribution in [1.82, 2.24) is 9.80 Å². The number of aliphatic hydroxyl groups is 1. The minimum absolute atomic E-state index is 0.0431. The molecule has 5 aromatic carbocycles. The maximum Gasteiger partial charge on any atom is 0.469 e. The van der Waals surface area contributed by atoms with Crippen LogP contribution in [0.5, 0.6) is 5.75 Å². The van der Waals surface area contributed by atoms with Gasteiger partial charge in [-0.1, -0.05) is 91.0 Å². The number of amides is 2. The van der Waals surface area contributed by atoms with Crippen LogP contribution >= 0.6 is 7.82 Å². The van der Waals surface area contributed by atoms with Crippen molar-refractivity contribution >= 4 is 20.0 Å². The Labute approximate surface area is 380 Å². The molecule has 352 valence electrons. The molecule has 66 heavy (non-hydrogen) atoms. The zero-order chi connectivity index (χ0) is 47.5. The molecule has 2 aliphatic heterocycles. The van der Waals surface area contributed by atoms with E-state index in [4.69, 9.17) is 19.3 Å². The van der Waals surface area contributed by atoms with Crippen molar-refractivity contribution in [3.63, 3.8) is 0 Å². The number of phosphoric ester groups is 1. The van der Waals surface area contributed by atoms with Gasteiger partial charge in [0, 0.05) is 32.5 Å². The lowest BCUT2D eigenvalue weighted by molar-refractivity contribution is -0.0685. The second kappa shape index (κ2) is 22.1. The number of benzene rings is 5. The molecule has 0 spiro atoms. The molecular formula is C49H53F4N2O10P. The summed E-state index contributed by atoms with van der Waals surface area (Å²) < 4.78 is 83.1. The number of carbonyl (C=O) groups is 2. The highest BCUT2D eigenvalue weighted by Gasteiger charge is 2.44. The Morgan fingerprint density at radius 1 is 0.652 bits per heavy atom. The number of aliphatic hydroxyl groups excluding tert-OH is 1. The molecule has 3 N–H and O–H groups in total. The van der Waals surface area contributed by atoms with Gasteiger partial charge in [0.05, 0.1) is 18.7 Å². The van der Waals surface area contributed by atoms with Gasteiger partial charge in [0.15, 0.2) is 0 Å². The van der Waals surface area contributed by atoms with Crippen LogP contribution in [-0.4, -0.2) is 69.8 Å². The standard InChI is InChI=1S/C27H29FNO6P.C22H24F3NO4/c1-20(21-8-10-22(11-9-21)23-12-14-25(28)15-13-23)29-18-17-27(35-26(29)30,24-6-3-2-4-7-24)16-5-19-34-36(31,32)33;1-15(16-3-9-19(10-4-16)29-20(24)25)26-13-12-22(11-2-14-27,30-21(26)28)17-5-7-18(23)8-6-17/h2-4,6-15,20H,5,16-19H2,1H3,(H2,31,32,33);3-10,15,20,27H,2,11-14H2,1H3. The topological polar surface area (TPSA) is 155 Å². The Morgan fingerprint density at radius 2 is 1.09 bits per heavy atom. The van der Waals surface area contributed by atoms with Crippen LogP contribution in [0.3, 0.4) is 0 Å². The Kier molecular flexibility index (Phi) is 16.7. The summed E-state index contributed by atoms with van der Waals surface area (Å²) >= 11 is 0. The molecule has 0 radical (unpaired) electrons. The summed E-state index contributed by atoms with van der Waals surface area (Å²) in [6.07, 6.45) is 1.57. The number of hydrogen-bond acceptors (Lipinski definition) is 8. The molecule has 2 heterocycles. The predicted molar refractivity (Wildman–Crippen MR) is 237 cm³/mol. The molecule has 4 unspecified atom stereocenters. The van der Waals surface area contributed by atoms with Crippen molar-refractivity contribution in [2.45, 2.75) is 82.3 Å². The van der Waals surface area contributed by atoms with Crippen LogP contribution in [-0.2, 0) is 29.8 Å². The summed E-state index contributed by atoms with van der Waals surface area (Å²) in [5.74, 6) is -0.622. The van der Waals surface area contributed by atoms with Crippen molar-refractivity contribution in [1.29, 1.82) is 0 Å². The van der Waals surface area contributed by atoms with Crippen LogP contribution in [0.25, 0.3) is 11.1 Å². The lowest BCUT2D eigenvalue weighted by Crippen LogP contribution is -2.48. The first-order valence-electron chi connectivity index (χ1n) is 21.5. The van der Waals surface area contributed by atoms with Gasteiger partial charge in [-0.3, -0.25) is 4.52 Å². The summed E-state index contributed by atoms with van der Waals surface area (Å²) in [4.78, 5) is 47.3. The van der Waals surface area contributed by atoms with Gasteiger partial charge in [0.25, 0.3) is 0 Å². The van der Waals surface area contributed by atoms with E-state index in [1.165, 1.54) is 36.4 Å². The zero-order valence-electron chi connectivity index (χ0n) is 36.5. The maximum absolute atomic E-state index is 13.4. The molecule has 7 rings (SSSR count). The third-order valence-corrected chi connectivity index (χ3v) is 12.6. The monoisotopic (exact) mass is 936 g/mol. The lowest BCUT2D eigenvalue weighted by atomic mass is 9.84. The first kappa shape index (κ1) is 49.7. The Morgan fingerprint density at radius 3 is 1.55 bits per heavy atom. The van der Waals surface area contributed by atoms with E-state index in [9.17, 15) is 36.8 Å². The number of ether oxygens (including phenoxy) is 3. The smallest absolute Gasteiger partial charge is 0.438 e. The first-order valence-corrected chi connectivity index (χ1v) is 23.1. The van der Waals surface area contributed by atoms with E-state index >= 15 is 0 Å². The van der Waals surface area contributed by atoms with Crippen LogP contribution < -0.4 is 4.74 Å². The highest BCUT2D eigenvalue weighted by atomic mass is 31.2. The highest BCUT2D eigenvalue weighted by molar-refractivity contribution is 7.46. The lowest BCUT2D eigenvalue weighted by Gasteiger charge is -2.43. The zero-order valence-corrected chi connectivity index (χ0v) is 37.4. The molecule has 17 heteroatoms. The molecule has 2 saturated heterocycles. The predicted octanol–water partition coefficient (Wildman–Crippen LogP) is 11.2. The van der Waals surface area contributed by atoms with E-state index in [1.54, 1.807) is 46.2 Å². The van der Waals surface area contributed by atoms with Crippen molar-refractivity contribution in [3.8, 4) is 16.9 Å². The average Bonchev–Trinajstić information content (AvgIpc) is 3.30. The van der Waals surface area contributed by atoms with E-state index in [0.717, 1.165) is 27.8 Å².